The van der Waals surface area contributed by atoms with Crippen LogP contribution in [0, 0.1) is 0 Å². The molecule has 0 bridgehead atoms. The zero-order valence-corrected chi connectivity index (χ0v) is 12.5. The number of carbonyl (C=O) groups is 1. The fourth-order valence-electron chi connectivity index (χ4n) is 2.70. The van der Waals surface area contributed by atoms with Crippen molar-refractivity contribution in [1.29, 1.82) is 0 Å². The van der Waals surface area contributed by atoms with Gasteiger partial charge in [0.05, 0.1) is 6.10 Å². The Morgan fingerprint density at radius 2 is 2.40 bits per heavy atom. The summed E-state index contributed by atoms with van der Waals surface area (Å²) in [4.78, 5) is 13.1. The summed E-state index contributed by atoms with van der Waals surface area (Å²) >= 11 is 1.80. The van der Waals surface area contributed by atoms with Crippen molar-refractivity contribution in [3.05, 3.63) is 23.8 Å². The molecule has 3 rings (SSSR count). The molecule has 4 nitrogen and oxygen atoms in total. The van der Waals surface area contributed by atoms with Gasteiger partial charge in [0, 0.05) is 28.5 Å². The number of thioether (sulfide) groups is 1. The lowest BCUT2D eigenvalue weighted by molar-refractivity contribution is -0.117. The molecule has 1 aromatic carbocycles. The molecule has 0 spiro atoms. The summed E-state index contributed by atoms with van der Waals surface area (Å²) in [7, 11) is 0. The van der Waals surface area contributed by atoms with Crippen LogP contribution in [0.1, 0.15) is 31.4 Å². The maximum atomic E-state index is 11.9. The average molecular weight is 292 g/mol. The van der Waals surface area contributed by atoms with Crippen molar-refractivity contribution in [3.8, 4) is 0 Å². The van der Waals surface area contributed by atoms with Crippen molar-refractivity contribution >= 4 is 23.4 Å². The number of hydrogen-bond acceptors (Lipinski definition) is 4. The summed E-state index contributed by atoms with van der Waals surface area (Å²) in [6, 6.07) is 6.03. The molecule has 2 aliphatic rings. The molecular formula is C15H20N2O2S. The van der Waals surface area contributed by atoms with E-state index in [1.165, 1.54) is 11.3 Å². The van der Waals surface area contributed by atoms with E-state index in [1.807, 2.05) is 6.92 Å². The van der Waals surface area contributed by atoms with Crippen molar-refractivity contribution in [2.24, 2.45) is 0 Å². The molecule has 0 aromatic heterocycles. The number of hydrogen-bond donors (Lipinski definition) is 2. The molecule has 2 atom stereocenters. The molecule has 1 aromatic rings. The number of ether oxygens (including phenoxy) is 1. The Morgan fingerprint density at radius 3 is 3.15 bits per heavy atom. The monoisotopic (exact) mass is 292 g/mol. The van der Waals surface area contributed by atoms with E-state index >= 15 is 0 Å². The first-order valence-corrected chi connectivity index (χ1v) is 8.19. The van der Waals surface area contributed by atoms with Gasteiger partial charge in [0.2, 0.25) is 5.91 Å². The average Bonchev–Trinajstić information content (AvgIpc) is 3.05. The van der Waals surface area contributed by atoms with Crippen LogP contribution in [-0.2, 0) is 9.53 Å². The topological polar surface area (TPSA) is 50.4 Å². The van der Waals surface area contributed by atoms with Crippen molar-refractivity contribution in [1.82, 2.24) is 5.32 Å². The summed E-state index contributed by atoms with van der Waals surface area (Å²) < 4.78 is 5.63. The normalized spacial score (nSPS) is 24.8. The van der Waals surface area contributed by atoms with Crippen LogP contribution in [0.4, 0.5) is 5.69 Å². The van der Waals surface area contributed by atoms with Crippen LogP contribution in [0.2, 0.25) is 0 Å². The summed E-state index contributed by atoms with van der Waals surface area (Å²) in [6.45, 7) is 3.69. The molecule has 108 valence electrons. The third-order valence-corrected chi connectivity index (χ3v) is 4.85. The lowest BCUT2D eigenvalue weighted by Gasteiger charge is -2.11. The molecule has 20 heavy (non-hydrogen) atoms. The van der Waals surface area contributed by atoms with E-state index in [1.54, 1.807) is 11.8 Å². The van der Waals surface area contributed by atoms with Gasteiger partial charge in [-0.1, -0.05) is 13.0 Å². The molecule has 1 saturated heterocycles. The van der Waals surface area contributed by atoms with Gasteiger partial charge >= 0.3 is 0 Å². The molecule has 0 radical (unpaired) electrons. The highest BCUT2D eigenvalue weighted by Gasteiger charge is 2.29. The van der Waals surface area contributed by atoms with E-state index in [0.717, 1.165) is 36.6 Å². The van der Waals surface area contributed by atoms with Gasteiger partial charge < -0.3 is 15.4 Å². The Bertz CT molecular complexity index is 501. The number of benzene rings is 1. The van der Waals surface area contributed by atoms with Gasteiger partial charge in [0.15, 0.2) is 0 Å². The van der Waals surface area contributed by atoms with Crippen molar-refractivity contribution < 1.29 is 9.53 Å². The van der Waals surface area contributed by atoms with Gasteiger partial charge in [-0.15, -0.1) is 11.8 Å². The van der Waals surface area contributed by atoms with Gasteiger partial charge in [-0.2, -0.15) is 0 Å². The minimum absolute atomic E-state index is 0.0446. The minimum Gasteiger partial charge on any atom is -0.377 e. The molecule has 2 unspecified atom stereocenters. The van der Waals surface area contributed by atoms with E-state index in [9.17, 15) is 4.79 Å². The Balaban J connectivity index is 1.67. The summed E-state index contributed by atoms with van der Waals surface area (Å²) in [5.41, 5.74) is 2.00. The molecule has 0 saturated carbocycles. The standard InChI is InChI=1S/C15H20N2O2S/c1-2-16-14-12-6-5-11(8-13(12)17-15(14)18)20-9-10-4-3-7-19-10/h5-6,8,10,14,16H,2-4,7,9H2,1H3,(H,17,18). The summed E-state index contributed by atoms with van der Waals surface area (Å²) in [5.74, 6) is 1.03. The van der Waals surface area contributed by atoms with Crippen molar-refractivity contribution in [2.45, 2.75) is 36.8 Å². The maximum absolute atomic E-state index is 11.9. The molecule has 2 aliphatic heterocycles. The van der Waals surface area contributed by atoms with Crippen LogP contribution in [-0.4, -0.2) is 30.9 Å². The summed E-state index contributed by atoms with van der Waals surface area (Å²) in [5, 5.41) is 6.16. The van der Waals surface area contributed by atoms with Crippen LogP contribution in [0.15, 0.2) is 23.1 Å². The smallest absolute Gasteiger partial charge is 0.246 e. The lowest BCUT2D eigenvalue weighted by Crippen LogP contribution is -2.27. The third kappa shape index (κ3) is 2.85. The molecule has 2 heterocycles. The van der Waals surface area contributed by atoms with E-state index < -0.39 is 0 Å². The van der Waals surface area contributed by atoms with Gasteiger partial charge in [-0.25, -0.2) is 0 Å². The second-order valence-electron chi connectivity index (χ2n) is 5.18. The van der Waals surface area contributed by atoms with Gasteiger partial charge in [-0.3, -0.25) is 4.79 Å². The first kappa shape index (κ1) is 13.9. The van der Waals surface area contributed by atoms with Crippen LogP contribution in [0.3, 0.4) is 0 Å². The number of fused-ring (bicyclic) bond motifs is 1. The summed E-state index contributed by atoms with van der Waals surface area (Å²) in [6.07, 6.45) is 2.73. The number of carbonyl (C=O) groups excluding carboxylic acids is 1. The van der Waals surface area contributed by atoms with Crippen LogP contribution >= 0.6 is 11.8 Å². The molecule has 5 heteroatoms. The molecule has 1 amide bonds. The fourth-order valence-corrected chi connectivity index (χ4v) is 3.71. The van der Waals surface area contributed by atoms with Gasteiger partial charge in [-0.05, 0) is 31.5 Å². The number of anilines is 1. The largest absolute Gasteiger partial charge is 0.377 e. The highest BCUT2D eigenvalue weighted by molar-refractivity contribution is 7.99. The fraction of sp³-hybridized carbons (Fsp3) is 0.533. The van der Waals surface area contributed by atoms with Crippen LogP contribution in [0.25, 0.3) is 0 Å². The third-order valence-electron chi connectivity index (χ3n) is 3.72. The van der Waals surface area contributed by atoms with Gasteiger partial charge in [0.1, 0.15) is 6.04 Å². The number of likely N-dealkylation sites (N-methyl/N-ethyl adjacent to an activating group) is 1. The number of rotatable bonds is 5. The Hall–Kier alpha value is -1.04. The zero-order valence-electron chi connectivity index (χ0n) is 11.6. The van der Waals surface area contributed by atoms with E-state index in [4.69, 9.17) is 4.74 Å². The molecular weight excluding hydrogens is 272 g/mol. The highest BCUT2D eigenvalue weighted by Crippen LogP contribution is 2.34. The van der Waals surface area contributed by atoms with Crippen molar-refractivity contribution in [2.75, 3.05) is 24.2 Å². The number of amides is 1. The van der Waals surface area contributed by atoms with E-state index in [-0.39, 0.29) is 11.9 Å². The van der Waals surface area contributed by atoms with Gasteiger partial charge in [0.25, 0.3) is 0 Å². The van der Waals surface area contributed by atoms with Crippen molar-refractivity contribution in [3.63, 3.8) is 0 Å². The quantitative estimate of drug-likeness (QED) is 0.819. The second-order valence-corrected chi connectivity index (χ2v) is 6.27. The SMILES string of the molecule is CCNC1C(=O)Nc2cc(SCC3CCCO3)ccc21. The van der Waals surface area contributed by atoms with Crippen LogP contribution in [0.5, 0.6) is 0 Å². The first-order chi connectivity index (χ1) is 9.78. The number of nitrogens with one attached hydrogen (secondary N) is 2. The highest BCUT2D eigenvalue weighted by atomic mass is 32.2. The predicted molar refractivity (Wildman–Crippen MR) is 81.2 cm³/mol. The first-order valence-electron chi connectivity index (χ1n) is 7.20. The zero-order chi connectivity index (χ0) is 13.9. The van der Waals surface area contributed by atoms with E-state index in [2.05, 4.69) is 28.8 Å². The molecule has 2 N–H and O–H groups in total. The Labute approximate surface area is 123 Å². The predicted octanol–water partition coefficient (Wildman–Crippen LogP) is 2.56. The molecule has 1 fully saturated rings. The maximum Gasteiger partial charge on any atom is 0.246 e. The van der Waals surface area contributed by atoms with Crippen LogP contribution < -0.4 is 10.6 Å². The Morgan fingerprint density at radius 1 is 1.50 bits per heavy atom. The molecule has 0 aliphatic carbocycles. The van der Waals surface area contributed by atoms with E-state index in [0.29, 0.717) is 6.10 Å². The second kappa shape index (κ2) is 6.16. The lowest BCUT2D eigenvalue weighted by atomic mass is 10.1. The Kier molecular flexibility index (Phi) is 4.29. The minimum atomic E-state index is -0.202.